The van der Waals surface area contributed by atoms with Crippen LogP contribution in [0.3, 0.4) is 0 Å². The van der Waals surface area contributed by atoms with E-state index in [0.717, 1.165) is 21.0 Å². The number of hydrogen-bond acceptors (Lipinski definition) is 3. The zero-order valence-corrected chi connectivity index (χ0v) is 11.0. The van der Waals surface area contributed by atoms with Gasteiger partial charge in [-0.3, -0.25) is 0 Å². The maximum Gasteiger partial charge on any atom is 0.164 e. The van der Waals surface area contributed by atoms with Crippen LogP contribution in [0.2, 0.25) is 0 Å². The first-order chi connectivity index (χ1) is 7.78. The third-order valence-corrected chi connectivity index (χ3v) is 2.77. The summed E-state index contributed by atoms with van der Waals surface area (Å²) in [7, 11) is 1.66. The number of benzene rings is 1. The van der Waals surface area contributed by atoms with Crippen LogP contribution in [0, 0.1) is 3.77 Å². The normalized spacial score (nSPS) is 10.1. The molecule has 0 aliphatic carbocycles. The van der Waals surface area contributed by atoms with Crippen molar-refractivity contribution >= 4 is 28.3 Å². The maximum absolute atomic E-state index is 5.45. The molecule has 0 aliphatic heterocycles. The van der Waals surface area contributed by atoms with Gasteiger partial charge >= 0.3 is 0 Å². The first-order valence-electron chi connectivity index (χ1n) is 4.90. The standard InChI is InChI=1S/C12H12INO2/c1-15-10-4-2-9(3-5-10)14-8-11-6-7-12(13)16-11/h2-7,14H,8H2,1H3. The Bertz CT molecular complexity index is 450. The first-order valence-corrected chi connectivity index (χ1v) is 5.98. The molecular weight excluding hydrogens is 317 g/mol. The van der Waals surface area contributed by atoms with Gasteiger partial charge in [-0.1, -0.05) is 0 Å². The van der Waals surface area contributed by atoms with Crippen molar-refractivity contribution in [3.05, 3.63) is 45.9 Å². The minimum atomic E-state index is 0.690. The molecule has 3 nitrogen and oxygen atoms in total. The van der Waals surface area contributed by atoms with Crippen molar-refractivity contribution in [2.45, 2.75) is 6.54 Å². The molecule has 0 fully saturated rings. The number of rotatable bonds is 4. The second-order valence-corrected chi connectivity index (χ2v) is 4.35. The number of anilines is 1. The Morgan fingerprint density at radius 1 is 1.19 bits per heavy atom. The molecule has 1 aromatic carbocycles. The molecule has 4 heteroatoms. The van der Waals surface area contributed by atoms with Crippen LogP contribution in [0.5, 0.6) is 5.75 Å². The third-order valence-electron chi connectivity index (χ3n) is 2.19. The van der Waals surface area contributed by atoms with Gasteiger partial charge in [-0.25, -0.2) is 0 Å². The fourth-order valence-corrected chi connectivity index (χ4v) is 1.81. The molecule has 1 N–H and O–H groups in total. The SMILES string of the molecule is COc1ccc(NCc2ccc(I)o2)cc1. The Balaban J connectivity index is 1.94. The molecule has 1 heterocycles. The average Bonchev–Trinajstić information content (AvgIpc) is 2.73. The van der Waals surface area contributed by atoms with Crippen LogP contribution in [0.25, 0.3) is 0 Å². The van der Waals surface area contributed by atoms with E-state index < -0.39 is 0 Å². The van der Waals surface area contributed by atoms with Crippen LogP contribution < -0.4 is 10.1 Å². The highest BCUT2D eigenvalue weighted by Gasteiger charge is 1.99. The van der Waals surface area contributed by atoms with Gasteiger partial charge in [0.15, 0.2) is 3.77 Å². The van der Waals surface area contributed by atoms with Gasteiger partial charge in [-0.2, -0.15) is 0 Å². The van der Waals surface area contributed by atoms with Gasteiger partial charge in [-0.05, 0) is 59.0 Å². The van der Waals surface area contributed by atoms with Crippen molar-refractivity contribution in [2.24, 2.45) is 0 Å². The van der Waals surface area contributed by atoms with E-state index in [0.29, 0.717) is 6.54 Å². The van der Waals surface area contributed by atoms with Crippen molar-refractivity contribution in [1.82, 2.24) is 0 Å². The third kappa shape index (κ3) is 2.91. The van der Waals surface area contributed by atoms with Crippen LogP contribution in [0.15, 0.2) is 40.8 Å². The van der Waals surface area contributed by atoms with Crippen molar-refractivity contribution in [3.63, 3.8) is 0 Å². The van der Waals surface area contributed by atoms with Gasteiger partial charge < -0.3 is 14.5 Å². The largest absolute Gasteiger partial charge is 0.497 e. The van der Waals surface area contributed by atoms with Gasteiger partial charge in [-0.15, -0.1) is 0 Å². The lowest BCUT2D eigenvalue weighted by molar-refractivity contribution is 0.415. The fraction of sp³-hybridized carbons (Fsp3) is 0.167. The lowest BCUT2D eigenvalue weighted by atomic mass is 10.3. The van der Waals surface area contributed by atoms with Gasteiger partial charge in [0.2, 0.25) is 0 Å². The highest BCUT2D eigenvalue weighted by Crippen LogP contribution is 2.16. The number of methoxy groups -OCH3 is 1. The summed E-state index contributed by atoms with van der Waals surface area (Å²) in [6, 6.07) is 11.7. The lowest BCUT2D eigenvalue weighted by Crippen LogP contribution is -1.97. The zero-order chi connectivity index (χ0) is 11.4. The number of ether oxygens (including phenoxy) is 1. The Labute approximate surface area is 108 Å². The minimum Gasteiger partial charge on any atom is -0.497 e. The predicted molar refractivity (Wildman–Crippen MR) is 71.7 cm³/mol. The molecule has 2 aromatic rings. The highest BCUT2D eigenvalue weighted by molar-refractivity contribution is 14.1. The molecule has 0 saturated heterocycles. The van der Waals surface area contributed by atoms with Gasteiger partial charge in [0.1, 0.15) is 11.5 Å². The molecule has 0 aliphatic rings. The van der Waals surface area contributed by atoms with Crippen molar-refractivity contribution in [1.29, 1.82) is 0 Å². The lowest BCUT2D eigenvalue weighted by Gasteiger charge is -2.05. The fourth-order valence-electron chi connectivity index (χ4n) is 1.34. The topological polar surface area (TPSA) is 34.4 Å². The van der Waals surface area contributed by atoms with Gasteiger partial charge in [0.25, 0.3) is 0 Å². The van der Waals surface area contributed by atoms with Crippen LogP contribution in [0.1, 0.15) is 5.76 Å². The summed E-state index contributed by atoms with van der Waals surface area (Å²) >= 11 is 2.15. The van der Waals surface area contributed by atoms with Crippen molar-refractivity contribution in [2.75, 3.05) is 12.4 Å². The summed E-state index contributed by atoms with van der Waals surface area (Å²) in [6.45, 7) is 0.690. The molecule has 84 valence electrons. The quantitative estimate of drug-likeness (QED) is 0.872. The van der Waals surface area contributed by atoms with Crippen molar-refractivity contribution in [3.8, 4) is 5.75 Å². The van der Waals surface area contributed by atoms with Crippen molar-refractivity contribution < 1.29 is 9.15 Å². The van der Waals surface area contributed by atoms with E-state index in [2.05, 4.69) is 27.9 Å². The van der Waals surface area contributed by atoms with Gasteiger partial charge in [0.05, 0.1) is 13.7 Å². The van der Waals surface area contributed by atoms with E-state index >= 15 is 0 Å². The summed E-state index contributed by atoms with van der Waals surface area (Å²) in [4.78, 5) is 0. The summed E-state index contributed by atoms with van der Waals surface area (Å²) in [5, 5.41) is 3.27. The summed E-state index contributed by atoms with van der Waals surface area (Å²) < 4.78 is 11.4. The maximum atomic E-state index is 5.45. The molecular formula is C12H12INO2. The second kappa shape index (κ2) is 5.25. The molecule has 0 atom stereocenters. The first kappa shape index (κ1) is 11.3. The molecule has 16 heavy (non-hydrogen) atoms. The Hall–Kier alpha value is -1.17. The molecule has 0 saturated carbocycles. The van der Waals surface area contributed by atoms with Crippen LogP contribution in [0.4, 0.5) is 5.69 Å². The average molecular weight is 329 g/mol. The number of nitrogens with one attached hydrogen (secondary N) is 1. The Morgan fingerprint density at radius 2 is 1.94 bits per heavy atom. The molecule has 0 spiro atoms. The predicted octanol–water partition coefficient (Wildman–Crippen LogP) is 3.50. The molecule has 1 aromatic heterocycles. The highest BCUT2D eigenvalue weighted by atomic mass is 127. The van der Waals surface area contributed by atoms with E-state index in [1.54, 1.807) is 7.11 Å². The summed E-state index contributed by atoms with van der Waals surface area (Å²) in [6.07, 6.45) is 0. The second-order valence-electron chi connectivity index (χ2n) is 3.29. The summed E-state index contributed by atoms with van der Waals surface area (Å²) in [5.74, 6) is 1.79. The van der Waals surface area contributed by atoms with Gasteiger partial charge in [0, 0.05) is 5.69 Å². The number of furan rings is 1. The van der Waals surface area contributed by atoms with Crippen LogP contribution in [-0.4, -0.2) is 7.11 Å². The van der Waals surface area contributed by atoms with E-state index in [9.17, 15) is 0 Å². The zero-order valence-electron chi connectivity index (χ0n) is 8.87. The molecule has 0 bridgehead atoms. The smallest absolute Gasteiger partial charge is 0.164 e. The minimum absolute atomic E-state index is 0.690. The monoisotopic (exact) mass is 329 g/mol. The Kier molecular flexibility index (Phi) is 3.71. The summed E-state index contributed by atoms with van der Waals surface area (Å²) in [5.41, 5.74) is 1.05. The molecule has 0 amide bonds. The van der Waals surface area contributed by atoms with E-state index in [4.69, 9.17) is 9.15 Å². The molecule has 0 radical (unpaired) electrons. The van der Waals surface area contributed by atoms with E-state index in [1.165, 1.54) is 0 Å². The number of hydrogen-bond donors (Lipinski definition) is 1. The van der Waals surface area contributed by atoms with E-state index in [1.807, 2.05) is 36.4 Å². The number of halogens is 1. The molecule has 0 unspecified atom stereocenters. The molecule has 2 rings (SSSR count). The van der Waals surface area contributed by atoms with Crippen LogP contribution in [-0.2, 0) is 6.54 Å². The Morgan fingerprint density at radius 3 is 2.50 bits per heavy atom. The van der Waals surface area contributed by atoms with E-state index in [-0.39, 0.29) is 0 Å². The van der Waals surface area contributed by atoms with Crippen LogP contribution >= 0.6 is 22.6 Å².